The summed E-state index contributed by atoms with van der Waals surface area (Å²) in [5.74, 6) is 1.21. The number of hydrogen-bond donors (Lipinski definition) is 3. The molecule has 6 aliphatic rings. The molecule has 8 rings (SSSR count). The zero-order valence-corrected chi connectivity index (χ0v) is 20.6. The van der Waals surface area contributed by atoms with Crippen LogP contribution in [0.15, 0.2) is 18.2 Å². The Balaban J connectivity index is 0.962. The third kappa shape index (κ3) is 4.16. The molecule has 2 heterocycles. The highest BCUT2D eigenvalue weighted by Gasteiger charge is 2.56. The minimum absolute atomic E-state index is 0.0180. The van der Waals surface area contributed by atoms with Crippen LogP contribution in [-0.4, -0.2) is 63.9 Å². The lowest BCUT2D eigenvalue weighted by atomic mass is 9.53. The van der Waals surface area contributed by atoms with E-state index in [1.54, 1.807) is 11.3 Å². The average molecular weight is 497 g/mol. The number of likely N-dealkylation sites (tertiary alicyclic amines) is 1. The molecule has 1 saturated heterocycles. The molecule has 5 aliphatic carbocycles. The third-order valence-corrected chi connectivity index (χ3v) is 9.68. The number of aliphatic hydroxyl groups is 1. The largest absolute Gasteiger partial charge is 0.446 e. The standard InChI is InChI=1S/C26H32N4O4S/c31-23(27-18-2-3-18)15-1-4-20-21(9-15)35-24(29-20)28-19-5-6-30(13-19)25(32)34-22-16-7-14-8-17(22)12-26(33,10-14)11-16/h1,4,9,14,16-19,22,33H,2-3,5-8,10-13H2,(H,27,31)(H,28,29)/t14?,16-,17?,19+,22?,26?/m0/s1. The van der Waals surface area contributed by atoms with E-state index in [4.69, 9.17) is 4.74 Å². The molecule has 6 fully saturated rings. The van der Waals surface area contributed by atoms with Crippen LogP contribution in [0.25, 0.3) is 10.2 Å². The molecule has 186 valence electrons. The third-order valence-electron chi connectivity index (χ3n) is 8.73. The van der Waals surface area contributed by atoms with E-state index in [2.05, 4.69) is 15.6 Å². The number of thiazole rings is 1. The van der Waals surface area contributed by atoms with Gasteiger partial charge in [0.25, 0.3) is 5.91 Å². The Bertz CT molecular complexity index is 1160. The molecule has 3 N–H and O–H groups in total. The van der Waals surface area contributed by atoms with Crippen LogP contribution in [0.4, 0.5) is 9.93 Å². The number of ether oxygens (including phenoxy) is 1. The summed E-state index contributed by atoms with van der Waals surface area (Å²) in [5, 5.41) is 18.1. The monoisotopic (exact) mass is 496 g/mol. The average Bonchev–Trinajstić information content (AvgIpc) is 3.34. The van der Waals surface area contributed by atoms with Crippen molar-refractivity contribution in [1.82, 2.24) is 15.2 Å². The van der Waals surface area contributed by atoms with Crippen molar-refractivity contribution in [2.24, 2.45) is 17.8 Å². The molecule has 6 atom stereocenters. The first kappa shape index (κ1) is 21.9. The lowest BCUT2D eigenvalue weighted by Crippen LogP contribution is -2.58. The van der Waals surface area contributed by atoms with Gasteiger partial charge in [-0.05, 0) is 87.3 Å². The lowest BCUT2D eigenvalue weighted by Gasteiger charge is -2.57. The van der Waals surface area contributed by atoms with E-state index in [-0.39, 0.29) is 24.1 Å². The fourth-order valence-corrected chi connectivity index (χ4v) is 8.14. The molecule has 2 aromatic rings. The van der Waals surface area contributed by atoms with Crippen molar-refractivity contribution in [3.63, 3.8) is 0 Å². The van der Waals surface area contributed by atoms with Gasteiger partial charge in [-0.2, -0.15) is 0 Å². The van der Waals surface area contributed by atoms with Crippen molar-refractivity contribution in [3.8, 4) is 0 Å². The normalized spacial score (nSPS) is 35.5. The minimum atomic E-state index is -0.513. The summed E-state index contributed by atoms with van der Waals surface area (Å²) >= 11 is 1.54. The van der Waals surface area contributed by atoms with E-state index < -0.39 is 5.60 Å². The number of nitrogens with zero attached hydrogens (tertiary/aromatic N) is 2. The maximum absolute atomic E-state index is 13.0. The van der Waals surface area contributed by atoms with E-state index in [1.807, 2.05) is 23.1 Å². The zero-order chi connectivity index (χ0) is 23.7. The number of amides is 2. The summed E-state index contributed by atoms with van der Waals surface area (Å²) in [5.41, 5.74) is 1.03. The van der Waals surface area contributed by atoms with Crippen LogP contribution in [0.5, 0.6) is 0 Å². The van der Waals surface area contributed by atoms with E-state index in [0.29, 0.717) is 42.4 Å². The van der Waals surface area contributed by atoms with Crippen molar-refractivity contribution >= 4 is 38.7 Å². The predicted octanol–water partition coefficient (Wildman–Crippen LogP) is 3.75. The number of hydrogen-bond acceptors (Lipinski definition) is 7. The Morgan fingerprint density at radius 2 is 1.91 bits per heavy atom. The Kier molecular flexibility index (Phi) is 5.03. The quantitative estimate of drug-likeness (QED) is 0.583. The molecule has 1 aromatic heterocycles. The highest BCUT2D eigenvalue weighted by Crippen LogP contribution is 2.56. The van der Waals surface area contributed by atoms with Crippen molar-refractivity contribution in [1.29, 1.82) is 0 Å². The smallest absolute Gasteiger partial charge is 0.410 e. The molecule has 9 heteroatoms. The molecular formula is C26H32N4O4S. The number of aromatic nitrogens is 1. The summed E-state index contributed by atoms with van der Waals surface area (Å²) in [7, 11) is 0. The van der Waals surface area contributed by atoms with E-state index >= 15 is 0 Å². The van der Waals surface area contributed by atoms with Gasteiger partial charge in [-0.3, -0.25) is 4.79 Å². The predicted molar refractivity (Wildman–Crippen MR) is 132 cm³/mol. The van der Waals surface area contributed by atoms with Gasteiger partial charge >= 0.3 is 6.09 Å². The second kappa shape index (κ2) is 8.06. The fraction of sp³-hybridized carbons (Fsp3) is 0.654. The first-order chi connectivity index (χ1) is 16.9. The van der Waals surface area contributed by atoms with Crippen molar-refractivity contribution in [3.05, 3.63) is 23.8 Å². The Hall–Kier alpha value is -2.39. The second-order valence-electron chi connectivity index (χ2n) is 11.6. The number of rotatable bonds is 5. The van der Waals surface area contributed by atoms with Crippen LogP contribution in [0, 0.1) is 17.8 Å². The highest BCUT2D eigenvalue weighted by molar-refractivity contribution is 7.22. The van der Waals surface area contributed by atoms with E-state index in [1.165, 1.54) is 0 Å². The molecule has 5 saturated carbocycles. The van der Waals surface area contributed by atoms with Gasteiger partial charge in [0.2, 0.25) is 0 Å². The lowest BCUT2D eigenvalue weighted by molar-refractivity contribution is -0.177. The number of anilines is 1. The van der Waals surface area contributed by atoms with Gasteiger partial charge in [-0.1, -0.05) is 11.3 Å². The highest BCUT2D eigenvalue weighted by atomic mass is 32.1. The number of nitrogens with one attached hydrogen (secondary N) is 2. The Morgan fingerprint density at radius 1 is 1.11 bits per heavy atom. The van der Waals surface area contributed by atoms with Crippen molar-refractivity contribution < 1.29 is 19.4 Å². The van der Waals surface area contributed by atoms with Crippen LogP contribution in [0.2, 0.25) is 0 Å². The Labute approximate surface area is 208 Å². The van der Waals surface area contributed by atoms with Gasteiger partial charge in [0, 0.05) is 30.7 Å². The topological polar surface area (TPSA) is 104 Å². The van der Waals surface area contributed by atoms with E-state index in [9.17, 15) is 14.7 Å². The van der Waals surface area contributed by atoms with Crippen molar-refractivity contribution in [2.75, 3.05) is 18.4 Å². The van der Waals surface area contributed by atoms with Gasteiger partial charge in [0.05, 0.1) is 15.8 Å². The number of carbonyl (C=O) groups is 2. The molecule has 8 nitrogen and oxygen atoms in total. The van der Waals surface area contributed by atoms with Crippen LogP contribution in [-0.2, 0) is 4.74 Å². The Morgan fingerprint density at radius 3 is 2.66 bits per heavy atom. The van der Waals surface area contributed by atoms with Crippen LogP contribution < -0.4 is 10.6 Å². The molecule has 1 aliphatic heterocycles. The maximum atomic E-state index is 13.0. The molecule has 2 amide bonds. The summed E-state index contributed by atoms with van der Waals surface area (Å²) in [6, 6.07) is 6.11. The van der Waals surface area contributed by atoms with Gasteiger partial charge in [0.1, 0.15) is 6.10 Å². The molecule has 0 radical (unpaired) electrons. The number of carbonyl (C=O) groups excluding carboxylic acids is 2. The molecule has 0 spiro atoms. The fourth-order valence-electron chi connectivity index (χ4n) is 7.16. The molecule has 4 unspecified atom stereocenters. The summed E-state index contributed by atoms with van der Waals surface area (Å²) in [4.78, 5) is 31.9. The molecule has 1 aromatic carbocycles. The molecular weight excluding hydrogens is 464 g/mol. The first-order valence-corrected chi connectivity index (χ1v) is 13.9. The van der Waals surface area contributed by atoms with E-state index in [0.717, 1.165) is 66.7 Å². The molecule has 4 bridgehead atoms. The maximum Gasteiger partial charge on any atom is 0.410 e. The summed E-state index contributed by atoms with van der Waals surface area (Å²) < 4.78 is 7.05. The SMILES string of the molecule is O=C(NC1CC1)c1ccc2nc(N[C@@H]3CCN(C(=O)OC4C5CC6C[C@H]4CC(O)(C6)C5)C3)sc2c1. The first-order valence-electron chi connectivity index (χ1n) is 13.1. The zero-order valence-electron chi connectivity index (χ0n) is 19.7. The van der Waals surface area contributed by atoms with Crippen LogP contribution in [0.3, 0.4) is 0 Å². The summed E-state index contributed by atoms with van der Waals surface area (Å²) in [6.07, 6.45) is 7.40. The van der Waals surface area contributed by atoms with Crippen LogP contribution in [0.1, 0.15) is 61.7 Å². The number of benzene rings is 1. The minimum Gasteiger partial charge on any atom is -0.446 e. The van der Waals surface area contributed by atoms with Crippen molar-refractivity contribution in [2.45, 2.75) is 75.2 Å². The van der Waals surface area contributed by atoms with Crippen LogP contribution >= 0.6 is 11.3 Å². The molecule has 35 heavy (non-hydrogen) atoms. The van der Waals surface area contributed by atoms with Gasteiger partial charge in [0.15, 0.2) is 5.13 Å². The van der Waals surface area contributed by atoms with Gasteiger partial charge < -0.3 is 25.4 Å². The second-order valence-corrected chi connectivity index (χ2v) is 12.6. The number of fused-ring (bicyclic) bond motifs is 1. The summed E-state index contributed by atoms with van der Waals surface area (Å²) in [6.45, 7) is 1.26. The van der Waals surface area contributed by atoms with Gasteiger partial charge in [-0.15, -0.1) is 0 Å². The van der Waals surface area contributed by atoms with Gasteiger partial charge in [-0.25, -0.2) is 9.78 Å².